The monoisotopic (exact) mass is 253 g/mol. The first-order valence-corrected chi connectivity index (χ1v) is 6.74. The molecule has 2 aliphatic heterocycles. The van der Waals surface area contributed by atoms with Crippen molar-refractivity contribution in [3.63, 3.8) is 0 Å². The van der Waals surface area contributed by atoms with Gasteiger partial charge >= 0.3 is 0 Å². The molecular formula is C11H11NO4S. The summed E-state index contributed by atoms with van der Waals surface area (Å²) in [4.78, 5) is 5.09. The molecule has 0 bridgehead atoms. The van der Waals surface area contributed by atoms with Gasteiger partial charge in [-0.1, -0.05) is 35.0 Å². The van der Waals surface area contributed by atoms with Gasteiger partial charge in [-0.15, -0.1) is 0 Å². The summed E-state index contributed by atoms with van der Waals surface area (Å²) in [5.41, 5.74) is 2.31. The average Bonchev–Trinajstić information content (AvgIpc) is 2.83. The molecule has 17 heavy (non-hydrogen) atoms. The van der Waals surface area contributed by atoms with Crippen molar-refractivity contribution in [1.29, 1.82) is 0 Å². The molecule has 2 atom stereocenters. The van der Waals surface area contributed by atoms with Gasteiger partial charge in [0, 0.05) is 5.56 Å². The topological polar surface area (TPSA) is 65.0 Å². The van der Waals surface area contributed by atoms with E-state index in [1.165, 1.54) is 0 Å². The van der Waals surface area contributed by atoms with E-state index in [0.717, 1.165) is 11.1 Å². The van der Waals surface area contributed by atoms with Crippen molar-refractivity contribution in [2.24, 2.45) is 5.16 Å². The molecule has 1 aromatic carbocycles. The third kappa shape index (κ3) is 1.64. The molecule has 0 N–H and O–H groups in total. The van der Waals surface area contributed by atoms with Crippen LogP contribution in [-0.4, -0.2) is 32.1 Å². The van der Waals surface area contributed by atoms with Crippen molar-refractivity contribution in [2.45, 2.75) is 18.3 Å². The molecule has 1 aromatic rings. The van der Waals surface area contributed by atoms with Crippen LogP contribution < -0.4 is 0 Å². The van der Waals surface area contributed by atoms with Crippen molar-refractivity contribution in [1.82, 2.24) is 0 Å². The zero-order valence-corrected chi connectivity index (χ0v) is 9.98. The number of hydrogen-bond acceptors (Lipinski definition) is 5. The molecule has 0 unspecified atom stereocenters. The van der Waals surface area contributed by atoms with E-state index in [4.69, 9.17) is 9.02 Å². The summed E-state index contributed by atoms with van der Waals surface area (Å²) in [5, 5.41) is 3.09. The van der Waals surface area contributed by atoms with Gasteiger partial charge in [0.1, 0.15) is 12.3 Å². The Morgan fingerprint density at radius 3 is 2.71 bits per heavy atom. The summed E-state index contributed by atoms with van der Waals surface area (Å²) in [5.74, 6) is 0. The zero-order chi connectivity index (χ0) is 12.0. The van der Waals surface area contributed by atoms with Crippen LogP contribution in [0.4, 0.5) is 0 Å². The van der Waals surface area contributed by atoms with E-state index in [1.54, 1.807) is 0 Å². The van der Waals surface area contributed by atoms with Crippen LogP contribution in [0.25, 0.3) is 0 Å². The molecule has 3 rings (SSSR count). The summed E-state index contributed by atoms with van der Waals surface area (Å²) in [6.07, 6.45) is -0.503. The molecule has 90 valence electrons. The highest BCUT2D eigenvalue weighted by Gasteiger charge is 2.51. The number of nitrogens with zero attached hydrogens (tertiary/aromatic N) is 1. The van der Waals surface area contributed by atoms with Crippen molar-refractivity contribution in [3.05, 3.63) is 35.4 Å². The number of oxime groups is 1. The molecule has 0 spiro atoms. The van der Waals surface area contributed by atoms with Crippen LogP contribution in [0, 0.1) is 6.92 Å². The molecule has 2 aliphatic rings. The van der Waals surface area contributed by atoms with E-state index in [9.17, 15) is 8.42 Å². The quantitative estimate of drug-likeness (QED) is 0.695. The largest absolute Gasteiger partial charge is 0.388 e. The van der Waals surface area contributed by atoms with E-state index in [2.05, 4.69) is 5.16 Å². The highest BCUT2D eigenvalue weighted by atomic mass is 32.2. The van der Waals surface area contributed by atoms with Crippen LogP contribution >= 0.6 is 0 Å². The maximum atomic E-state index is 11.7. The maximum Gasteiger partial charge on any atom is 0.280 e. The summed E-state index contributed by atoms with van der Waals surface area (Å²) in [7, 11) is -3.59. The minimum Gasteiger partial charge on any atom is -0.388 e. The fourth-order valence-electron chi connectivity index (χ4n) is 2.02. The molecular weight excluding hydrogens is 242 g/mol. The van der Waals surface area contributed by atoms with Gasteiger partial charge in [-0.3, -0.25) is 4.18 Å². The van der Waals surface area contributed by atoms with Gasteiger partial charge in [-0.05, 0) is 6.92 Å². The Bertz CT molecular complexity index is 576. The van der Waals surface area contributed by atoms with Crippen LogP contribution in [0.15, 0.2) is 29.4 Å². The predicted octanol–water partition coefficient (Wildman–Crippen LogP) is 0.827. The average molecular weight is 253 g/mol. The van der Waals surface area contributed by atoms with Gasteiger partial charge in [0.25, 0.3) is 10.1 Å². The summed E-state index contributed by atoms with van der Waals surface area (Å²) in [6.45, 7) is 2.01. The SMILES string of the molecule is Cc1ccc(C2=NO[C@@H]3COS(=O)(=O)[C@H]23)cc1. The first kappa shape index (κ1) is 10.7. The van der Waals surface area contributed by atoms with Gasteiger partial charge in [0.05, 0.1) is 0 Å². The molecule has 0 radical (unpaired) electrons. The highest BCUT2D eigenvalue weighted by molar-refractivity contribution is 7.88. The summed E-state index contributed by atoms with van der Waals surface area (Å²) < 4.78 is 28.2. The van der Waals surface area contributed by atoms with Crippen LogP contribution in [-0.2, 0) is 19.1 Å². The Morgan fingerprint density at radius 1 is 1.29 bits per heavy atom. The third-order valence-electron chi connectivity index (χ3n) is 2.95. The van der Waals surface area contributed by atoms with Gasteiger partial charge in [-0.25, -0.2) is 0 Å². The van der Waals surface area contributed by atoms with Crippen molar-refractivity contribution < 1.29 is 17.4 Å². The lowest BCUT2D eigenvalue weighted by Gasteiger charge is -2.06. The molecule has 0 aliphatic carbocycles. The normalized spacial score (nSPS) is 29.6. The summed E-state index contributed by atoms with van der Waals surface area (Å²) >= 11 is 0. The van der Waals surface area contributed by atoms with Gasteiger partial charge in [-0.2, -0.15) is 8.42 Å². The Hall–Kier alpha value is -1.40. The predicted molar refractivity (Wildman–Crippen MR) is 61.2 cm³/mol. The van der Waals surface area contributed by atoms with Gasteiger partial charge in [0.2, 0.25) is 0 Å². The first-order valence-electron chi connectivity index (χ1n) is 5.27. The number of hydrogen-bond donors (Lipinski definition) is 0. The van der Waals surface area contributed by atoms with E-state index in [1.807, 2.05) is 31.2 Å². The number of benzene rings is 1. The van der Waals surface area contributed by atoms with Crippen molar-refractivity contribution >= 4 is 15.8 Å². The second-order valence-electron chi connectivity index (χ2n) is 4.18. The van der Waals surface area contributed by atoms with E-state index >= 15 is 0 Å². The minimum atomic E-state index is -3.59. The Kier molecular flexibility index (Phi) is 2.24. The molecule has 0 aromatic heterocycles. The smallest absolute Gasteiger partial charge is 0.280 e. The molecule has 1 fully saturated rings. The third-order valence-corrected chi connectivity index (χ3v) is 4.56. The number of aryl methyl sites for hydroxylation is 1. The lowest BCUT2D eigenvalue weighted by atomic mass is 10.0. The van der Waals surface area contributed by atoms with E-state index in [0.29, 0.717) is 5.71 Å². The van der Waals surface area contributed by atoms with E-state index in [-0.39, 0.29) is 6.61 Å². The Morgan fingerprint density at radius 2 is 2.00 bits per heavy atom. The van der Waals surface area contributed by atoms with Crippen LogP contribution in [0.3, 0.4) is 0 Å². The molecule has 0 saturated carbocycles. The van der Waals surface area contributed by atoms with E-state index < -0.39 is 21.5 Å². The second-order valence-corrected chi connectivity index (χ2v) is 5.91. The Labute approximate surface area is 99.2 Å². The van der Waals surface area contributed by atoms with Gasteiger partial charge in [0.15, 0.2) is 11.4 Å². The molecule has 1 saturated heterocycles. The lowest BCUT2D eigenvalue weighted by molar-refractivity contribution is 0.0683. The number of rotatable bonds is 1. The molecule has 6 heteroatoms. The molecule has 5 nitrogen and oxygen atoms in total. The van der Waals surface area contributed by atoms with Gasteiger partial charge < -0.3 is 4.84 Å². The molecule has 0 amide bonds. The van der Waals surface area contributed by atoms with Crippen molar-refractivity contribution in [3.8, 4) is 0 Å². The minimum absolute atomic E-state index is 0.0475. The zero-order valence-electron chi connectivity index (χ0n) is 9.16. The lowest BCUT2D eigenvalue weighted by Crippen LogP contribution is -2.31. The summed E-state index contributed by atoms with van der Waals surface area (Å²) in [6, 6.07) is 7.50. The highest BCUT2D eigenvalue weighted by Crippen LogP contribution is 2.30. The van der Waals surface area contributed by atoms with Crippen LogP contribution in [0.5, 0.6) is 0 Å². The fraction of sp³-hybridized carbons (Fsp3) is 0.364. The number of fused-ring (bicyclic) bond motifs is 1. The fourth-order valence-corrected chi connectivity index (χ4v) is 3.45. The van der Waals surface area contributed by atoms with Crippen LogP contribution in [0.2, 0.25) is 0 Å². The molecule has 2 heterocycles. The first-order chi connectivity index (χ1) is 8.08. The Balaban J connectivity index is 2.02. The van der Waals surface area contributed by atoms with Crippen LogP contribution in [0.1, 0.15) is 11.1 Å². The maximum absolute atomic E-state index is 11.7. The standard InChI is InChI=1S/C11H11NO4S/c1-7-2-4-8(5-3-7)10-11-9(16-12-10)6-15-17(11,13)14/h2-5,9,11H,6H2,1H3/t9-,11+/m1/s1. The van der Waals surface area contributed by atoms with Crippen molar-refractivity contribution in [2.75, 3.05) is 6.61 Å². The second kappa shape index (κ2) is 3.54.